The van der Waals surface area contributed by atoms with Crippen LogP contribution in [0.3, 0.4) is 0 Å². The molecule has 0 amide bonds. The lowest BCUT2D eigenvalue weighted by molar-refractivity contribution is -0.112. The fraction of sp³-hybridized carbons (Fsp3) is 0.233. The average molecular weight is 713 g/mol. The summed E-state index contributed by atoms with van der Waals surface area (Å²) < 4.78 is 55.5. The van der Waals surface area contributed by atoms with Gasteiger partial charge in [-0.25, -0.2) is 4.79 Å². The molecule has 3 aliphatic rings. The molecule has 3 aliphatic heterocycles. The Labute approximate surface area is 305 Å². The van der Waals surface area contributed by atoms with Crippen molar-refractivity contribution in [2.24, 2.45) is 0 Å². The predicted molar refractivity (Wildman–Crippen MR) is 195 cm³/mol. The fourth-order valence-electron chi connectivity index (χ4n) is 7.11. The van der Waals surface area contributed by atoms with Crippen molar-refractivity contribution < 1.29 is 42.3 Å². The van der Waals surface area contributed by atoms with Gasteiger partial charge in [-0.3, -0.25) is 0 Å². The molecule has 10 nitrogen and oxygen atoms in total. The van der Waals surface area contributed by atoms with Crippen LogP contribution in [0.2, 0.25) is 0 Å². The number of hydrogen-bond acceptors (Lipinski definition) is 10. The number of rotatable bonds is 10. The lowest BCUT2D eigenvalue weighted by atomic mass is 9.90. The van der Waals surface area contributed by atoms with Crippen molar-refractivity contribution in [3.05, 3.63) is 136 Å². The molecule has 1 aromatic heterocycles. The second kappa shape index (κ2) is 13.2. The van der Waals surface area contributed by atoms with Crippen LogP contribution in [0.5, 0.6) is 40.2 Å². The minimum atomic E-state index is -0.831. The van der Waals surface area contributed by atoms with Crippen LogP contribution in [0, 0.1) is 0 Å². The topological polar surface area (TPSA) is 104 Å². The maximum Gasteiger partial charge on any atom is 0.336 e. The maximum absolute atomic E-state index is 13.2. The molecule has 6 aromatic rings. The van der Waals surface area contributed by atoms with Gasteiger partial charge in [0, 0.05) is 62.3 Å². The van der Waals surface area contributed by atoms with E-state index in [1.807, 2.05) is 105 Å². The van der Waals surface area contributed by atoms with E-state index in [2.05, 4.69) is 0 Å². The van der Waals surface area contributed by atoms with Gasteiger partial charge in [0.2, 0.25) is 5.79 Å². The van der Waals surface area contributed by atoms with Crippen molar-refractivity contribution in [3.63, 3.8) is 0 Å². The summed E-state index contributed by atoms with van der Waals surface area (Å²) in [4.78, 5) is 13.2. The van der Waals surface area contributed by atoms with Gasteiger partial charge < -0.3 is 42.3 Å². The summed E-state index contributed by atoms with van der Waals surface area (Å²) in [5, 5.41) is 0.665. The molecule has 0 saturated carbocycles. The van der Waals surface area contributed by atoms with Crippen LogP contribution >= 0.6 is 0 Å². The third kappa shape index (κ3) is 6.30. The molecule has 0 saturated heterocycles. The summed E-state index contributed by atoms with van der Waals surface area (Å²) in [6, 6.07) is 32.7. The zero-order chi connectivity index (χ0) is 36.1. The molecule has 0 aliphatic carbocycles. The minimum Gasteiger partial charge on any atom is -0.485 e. The number of methoxy groups -OCH3 is 1. The molecule has 0 unspecified atom stereocenters. The SMILES string of the molecule is COCO[C@H]1Cc2c(cc3c4c(cc(=O)oc24)-c2cc4c(cc2O3)OC(C)(C)O4)O[C@@H]1c1ccc(OCc2ccccc2)c(OCc2ccccc2)c1. The Morgan fingerprint density at radius 1 is 0.717 bits per heavy atom. The fourth-order valence-corrected chi connectivity index (χ4v) is 7.11. The number of benzene rings is 5. The molecule has 4 heterocycles. The van der Waals surface area contributed by atoms with Crippen molar-refractivity contribution in [2.45, 2.75) is 51.5 Å². The van der Waals surface area contributed by atoms with Crippen LogP contribution in [0.15, 0.2) is 112 Å². The van der Waals surface area contributed by atoms with Crippen molar-refractivity contribution >= 4 is 11.0 Å². The molecule has 0 spiro atoms. The van der Waals surface area contributed by atoms with Crippen LogP contribution in [0.4, 0.5) is 0 Å². The summed E-state index contributed by atoms with van der Waals surface area (Å²) in [7, 11) is 1.57. The lowest BCUT2D eigenvalue weighted by Crippen LogP contribution is -2.34. The molecule has 5 aromatic carbocycles. The van der Waals surface area contributed by atoms with E-state index in [0.29, 0.717) is 87.5 Å². The minimum absolute atomic E-state index is 0.0285. The molecule has 0 bridgehead atoms. The first kappa shape index (κ1) is 32.9. The van der Waals surface area contributed by atoms with Crippen molar-refractivity contribution in [1.29, 1.82) is 0 Å². The predicted octanol–water partition coefficient (Wildman–Crippen LogP) is 8.90. The summed E-state index contributed by atoms with van der Waals surface area (Å²) in [6.07, 6.45) is -0.747. The summed E-state index contributed by atoms with van der Waals surface area (Å²) in [5.41, 5.74) is 4.81. The Bertz CT molecular complexity index is 2390. The van der Waals surface area contributed by atoms with Crippen LogP contribution in [0.25, 0.3) is 22.1 Å². The zero-order valence-electron chi connectivity index (χ0n) is 29.4. The molecular formula is C43H36O10. The van der Waals surface area contributed by atoms with Gasteiger partial charge >= 0.3 is 5.63 Å². The van der Waals surface area contributed by atoms with E-state index in [0.717, 1.165) is 16.7 Å². The highest BCUT2D eigenvalue weighted by atomic mass is 16.7. The van der Waals surface area contributed by atoms with Crippen molar-refractivity contribution in [3.8, 4) is 51.4 Å². The van der Waals surface area contributed by atoms with Gasteiger partial charge in [0.05, 0.1) is 5.39 Å². The molecule has 268 valence electrons. The zero-order valence-corrected chi connectivity index (χ0v) is 29.4. The molecular weight excluding hydrogens is 676 g/mol. The number of fused-ring (bicyclic) bond motifs is 5. The number of ether oxygens (including phenoxy) is 8. The Morgan fingerprint density at radius 3 is 2.11 bits per heavy atom. The molecule has 10 heteroatoms. The molecule has 0 N–H and O–H groups in total. The summed E-state index contributed by atoms with van der Waals surface area (Å²) in [6.45, 7) is 4.42. The van der Waals surface area contributed by atoms with Gasteiger partial charge in [-0.05, 0) is 34.9 Å². The quantitative estimate of drug-likeness (QED) is 0.101. The Balaban J connectivity index is 1.10. The van der Waals surface area contributed by atoms with E-state index in [4.69, 9.17) is 42.3 Å². The Kier molecular flexibility index (Phi) is 8.21. The second-order valence-electron chi connectivity index (χ2n) is 13.6. The Morgan fingerprint density at radius 2 is 1.40 bits per heavy atom. The van der Waals surface area contributed by atoms with Gasteiger partial charge in [-0.15, -0.1) is 0 Å². The number of hydrogen-bond donors (Lipinski definition) is 0. The highest BCUT2D eigenvalue weighted by molar-refractivity contribution is 6.04. The normalized spacial score (nSPS) is 17.3. The van der Waals surface area contributed by atoms with E-state index in [1.54, 1.807) is 13.2 Å². The van der Waals surface area contributed by atoms with Gasteiger partial charge in [0.15, 0.2) is 29.1 Å². The first-order valence-corrected chi connectivity index (χ1v) is 17.4. The molecule has 0 radical (unpaired) electrons. The van der Waals surface area contributed by atoms with Gasteiger partial charge in [0.1, 0.15) is 48.9 Å². The first-order valence-electron chi connectivity index (χ1n) is 17.4. The van der Waals surface area contributed by atoms with Gasteiger partial charge in [0.25, 0.3) is 0 Å². The summed E-state index contributed by atoms with van der Waals surface area (Å²) in [5.74, 6) is 3.00. The third-order valence-corrected chi connectivity index (χ3v) is 9.48. The van der Waals surface area contributed by atoms with Crippen LogP contribution in [-0.2, 0) is 29.1 Å². The Hall–Kier alpha value is -5.97. The van der Waals surface area contributed by atoms with Gasteiger partial charge in [-0.2, -0.15) is 0 Å². The maximum atomic E-state index is 13.2. The van der Waals surface area contributed by atoms with E-state index in [-0.39, 0.29) is 6.79 Å². The smallest absolute Gasteiger partial charge is 0.336 e. The highest BCUT2D eigenvalue weighted by Crippen LogP contribution is 2.55. The largest absolute Gasteiger partial charge is 0.485 e. The van der Waals surface area contributed by atoms with E-state index in [1.165, 1.54) is 6.07 Å². The van der Waals surface area contributed by atoms with Crippen LogP contribution in [-0.4, -0.2) is 25.8 Å². The van der Waals surface area contributed by atoms with Crippen LogP contribution in [0.1, 0.15) is 42.2 Å². The molecule has 2 atom stereocenters. The second-order valence-corrected chi connectivity index (χ2v) is 13.6. The molecule has 0 fully saturated rings. The molecule has 9 rings (SSSR count). The van der Waals surface area contributed by atoms with Crippen molar-refractivity contribution in [1.82, 2.24) is 0 Å². The van der Waals surface area contributed by atoms with E-state index >= 15 is 0 Å². The lowest BCUT2D eigenvalue weighted by Gasteiger charge is -2.35. The first-order chi connectivity index (χ1) is 25.8. The monoisotopic (exact) mass is 712 g/mol. The van der Waals surface area contributed by atoms with E-state index in [9.17, 15) is 4.79 Å². The van der Waals surface area contributed by atoms with E-state index < -0.39 is 23.6 Å². The van der Waals surface area contributed by atoms with Gasteiger partial charge in [-0.1, -0.05) is 66.7 Å². The third-order valence-electron chi connectivity index (χ3n) is 9.48. The average Bonchev–Trinajstić information content (AvgIpc) is 3.47. The standard InChI is InChI=1S/C43H36O10/c1-43(2)52-35-17-28-29-19-39(44)51-42-30-18-38(48-24-45-3)41(50-33(30)21-37(40(29)42)49-32(28)20-36(35)53-43)27-14-15-31(46-22-25-10-6-4-7-11-25)34(16-27)47-23-26-12-8-5-9-13-26/h4-17,19-21,38,41H,18,22-24H2,1-3H3/t38-,41+/m0/s1. The van der Waals surface area contributed by atoms with Crippen molar-refractivity contribution in [2.75, 3.05) is 13.9 Å². The van der Waals surface area contributed by atoms with Crippen LogP contribution < -0.4 is 34.0 Å². The molecule has 53 heavy (non-hydrogen) atoms. The highest BCUT2D eigenvalue weighted by Gasteiger charge is 2.39. The summed E-state index contributed by atoms with van der Waals surface area (Å²) >= 11 is 0.